The standard InChI is InChI=1S/C12H22N2O/c1-4-12(2,10-15)9-13-8-11-6-5-7-14(11)3/h5-7,13,15H,4,8-10H2,1-3H3. The third kappa shape index (κ3) is 3.36. The van der Waals surface area contributed by atoms with E-state index in [0.717, 1.165) is 19.5 Å². The summed E-state index contributed by atoms with van der Waals surface area (Å²) in [5.41, 5.74) is 1.27. The Morgan fingerprint density at radius 2 is 2.27 bits per heavy atom. The van der Waals surface area contributed by atoms with Gasteiger partial charge in [0.15, 0.2) is 0 Å². The van der Waals surface area contributed by atoms with Crippen molar-refractivity contribution in [2.45, 2.75) is 26.8 Å². The zero-order valence-corrected chi connectivity index (χ0v) is 9.95. The van der Waals surface area contributed by atoms with Gasteiger partial charge in [0.25, 0.3) is 0 Å². The smallest absolute Gasteiger partial charge is 0.0496 e. The Hall–Kier alpha value is -0.800. The van der Waals surface area contributed by atoms with Crippen LogP contribution in [0.15, 0.2) is 18.3 Å². The van der Waals surface area contributed by atoms with Gasteiger partial charge in [-0.15, -0.1) is 0 Å². The molecule has 0 aliphatic carbocycles. The molecule has 15 heavy (non-hydrogen) atoms. The van der Waals surface area contributed by atoms with E-state index in [4.69, 9.17) is 0 Å². The van der Waals surface area contributed by atoms with Gasteiger partial charge in [0.2, 0.25) is 0 Å². The molecule has 0 saturated carbocycles. The monoisotopic (exact) mass is 210 g/mol. The van der Waals surface area contributed by atoms with E-state index in [1.54, 1.807) is 0 Å². The number of aryl methyl sites for hydroxylation is 1. The number of nitrogens with one attached hydrogen (secondary N) is 1. The van der Waals surface area contributed by atoms with E-state index in [0.29, 0.717) is 0 Å². The topological polar surface area (TPSA) is 37.2 Å². The zero-order chi connectivity index (χ0) is 11.3. The van der Waals surface area contributed by atoms with Gasteiger partial charge in [-0.2, -0.15) is 0 Å². The van der Waals surface area contributed by atoms with Gasteiger partial charge in [-0.1, -0.05) is 13.8 Å². The molecule has 0 aliphatic rings. The molecule has 0 radical (unpaired) electrons. The average Bonchev–Trinajstić information content (AvgIpc) is 2.64. The van der Waals surface area contributed by atoms with E-state index in [2.05, 4.69) is 29.8 Å². The summed E-state index contributed by atoms with van der Waals surface area (Å²) in [6.45, 7) is 6.17. The minimum Gasteiger partial charge on any atom is -0.396 e. The first kappa shape index (κ1) is 12.3. The van der Waals surface area contributed by atoms with E-state index in [1.807, 2.05) is 19.3 Å². The van der Waals surface area contributed by atoms with Crippen LogP contribution in [0.5, 0.6) is 0 Å². The van der Waals surface area contributed by atoms with Gasteiger partial charge >= 0.3 is 0 Å². The van der Waals surface area contributed by atoms with E-state index in [1.165, 1.54) is 5.69 Å². The molecular formula is C12H22N2O. The predicted octanol–water partition coefficient (Wildman–Crippen LogP) is 1.52. The third-order valence-corrected chi connectivity index (χ3v) is 3.14. The molecule has 2 N–H and O–H groups in total. The quantitative estimate of drug-likeness (QED) is 0.747. The fourth-order valence-electron chi connectivity index (χ4n) is 1.47. The van der Waals surface area contributed by atoms with Crippen molar-refractivity contribution in [3.63, 3.8) is 0 Å². The van der Waals surface area contributed by atoms with Gasteiger partial charge < -0.3 is 15.0 Å². The Labute approximate surface area is 92.1 Å². The van der Waals surface area contributed by atoms with Crippen molar-refractivity contribution in [2.75, 3.05) is 13.2 Å². The van der Waals surface area contributed by atoms with Crippen LogP contribution < -0.4 is 5.32 Å². The molecule has 3 nitrogen and oxygen atoms in total. The number of nitrogens with zero attached hydrogens (tertiary/aromatic N) is 1. The summed E-state index contributed by atoms with van der Waals surface area (Å²) >= 11 is 0. The van der Waals surface area contributed by atoms with Crippen molar-refractivity contribution < 1.29 is 5.11 Å². The summed E-state index contributed by atoms with van der Waals surface area (Å²) < 4.78 is 2.11. The molecule has 1 atom stereocenters. The van der Waals surface area contributed by atoms with Crippen LogP contribution in [-0.2, 0) is 13.6 Å². The molecule has 3 heteroatoms. The fraction of sp³-hybridized carbons (Fsp3) is 0.667. The van der Waals surface area contributed by atoms with Gasteiger partial charge in [0, 0.05) is 44.0 Å². The van der Waals surface area contributed by atoms with Crippen LogP contribution in [0.3, 0.4) is 0 Å². The maximum atomic E-state index is 9.25. The maximum absolute atomic E-state index is 9.25. The predicted molar refractivity (Wildman–Crippen MR) is 62.6 cm³/mol. The molecule has 1 heterocycles. The second kappa shape index (κ2) is 5.33. The number of hydrogen-bond acceptors (Lipinski definition) is 2. The molecule has 0 fully saturated rings. The summed E-state index contributed by atoms with van der Waals surface area (Å²) in [4.78, 5) is 0. The summed E-state index contributed by atoms with van der Waals surface area (Å²) in [7, 11) is 2.04. The lowest BCUT2D eigenvalue weighted by atomic mass is 9.89. The Bertz CT molecular complexity index is 290. The number of aliphatic hydroxyl groups excluding tert-OH is 1. The highest BCUT2D eigenvalue weighted by Gasteiger charge is 2.20. The third-order valence-electron chi connectivity index (χ3n) is 3.14. The molecule has 1 rings (SSSR count). The largest absolute Gasteiger partial charge is 0.396 e. The van der Waals surface area contributed by atoms with Crippen molar-refractivity contribution in [3.8, 4) is 0 Å². The van der Waals surface area contributed by atoms with Gasteiger partial charge in [0.05, 0.1) is 0 Å². The Morgan fingerprint density at radius 3 is 2.73 bits per heavy atom. The van der Waals surface area contributed by atoms with E-state index >= 15 is 0 Å². The molecular weight excluding hydrogens is 188 g/mol. The molecule has 0 amide bonds. The number of aliphatic hydroxyl groups is 1. The van der Waals surface area contributed by atoms with Crippen LogP contribution in [0, 0.1) is 5.41 Å². The summed E-state index contributed by atoms with van der Waals surface area (Å²) in [6.07, 6.45) is 3.03. The molecule has 0 aromatic carbocycles. The molecule has 86 valence electrons. The second-order valence-corrected chi connectivity index (χ2v) is 4.54. The molecule has 0 bridgehead atoms. The lowest BCUT2D eigenvalue weighted by Gasteiger charge is -2.25. The van der Waals surface area contributed by atoms with Gasteiger partial charge in [-0.3, -0.25) is 0 Å². The molecule has 0 aliphatic heterocycles. The average molecular weight is 210 g/mol. The van der Waals surface area contributed by atoms with Gasteiger partial charge in [0.1, 0.15) is 0 Å². The van der Waals surface area contributed by atoms with Crippen LogP contribution in [0.2, 0.25) is 0 Å². The minimum absolute atomic E-state index is 0.00512. The highest BCUT2D eigenvalue weighted by molar-refractivity contribution is 5.05. The van der Waals surface area contributed by atoms with E-state index in [-0.39, 0.29) is 12.0 Å². The number of rotatable bonds is 6. The highest BCUT2D eigenvalue weighted by atomic mass is 16.3. The van der Waals surface area contributed by atoms with Crippen molar-refractivity contribution >= 4 is 0 Å². The van der Waals surface area contributed by atoms with Crippen molar-refractivity contribution in [1.29, 1.82) is 0 Å². The fourth-order valence-corrected chi connectivity index (χ4v) is 1.47. The van der Waals surface area contributed by atoms with Crippen molar-refractivity contribution in [1.82, 2.24) is 9.88 Å². The first-order chi connectivity index (χ1) is 7.11. The zero-order valence-electron chi connectivity index (χ0n) is 9.95. The second-order valence-electron chi connectivity index (χ2n) is 4.54. The first-order valence-corrected chi connectivity index (χ1v) is 5.53. The molecule has 0 saturated heterocycles. The van der Waals surface area contributed by atoms with E-state index in [9.17, 15) is 5.11 Å². The molecule has 1 aromatic heterocycles. The Balaban J connectivity index is 2.36. The summed E-state index contributed by atoms with van der Waals surface area (Å²) in [5.74, 6) is 0. The molecule has 0 spiro atoms. The van der Waals surface area contributed by atoms with Crippen LogP contribution >= 0.6 is 0 Å². The van der Waals surface area contributed by atoms with Crippen LogP contribution in [0.1, 0.15) is 26.0 Å². The Morgan fingerprint density at radius 1 is 1.53 bits per heavy atom. The van der Waals surface area contributed by atoms with Crippen LogP contribution in [0.4, 0.5) is 0 Å². The highest BCUT2D eigenvalue weighted by Crippen LogP contribution is 2.18. The number of hydrogen-bond donors (Lipinski definition) is 2. The van der Waals surface area contributed by atoms with Crippen LogP contribution in [-0.4, -0.2) is 22.8 Å². The maximum Gasteiger partial charge on any atom is 0.0496 e. The van der Waals surface area contributed by atoms with E-state index < -0.39 is 0 Å². The normalized spacial score (nSPS) is 15.2. The minimum atomic E-state index is 0.00512. The SMILES string of the molecule is CCC(C)(CO)CNCc1cccn1C. The van der Waals surface area contributed by atoms with Crippen molar-refractivity contribution in [3.05, 3.63) is 24.0 Å². The lowest BCUT2D eigenvalue weighted by molar-refractivity contribution is 0.135. The summed E-state index contributed by atoms with van der Waals surface area (Å²) in [6, 6.07) is 4.15. The van der Waals surface area contributed by atoms with Gasteiger partial charge in [-0.25, -0.2) is 0 Å². The van der Waals surface area contributed by atoms with Crippen LogP contribution in [0.25, 0.3) is 0 Å². The van der Waals surface area contributed by atoms with Crippen molar-refractivity contribution in [2.24, 2.45) is 12.5 Å². The molecule has 1 aromatic rings. The lowest BCUT2D eigenvalue weighted by Crippen LogP contribution is -2.34. The Kier molecular flexibility index (Phi) is 4.36. The number of aromatic nitrogens is 1. The summed E-state index contributed by atoms with van der Waals surface area (Å²) in [5, 5.41) is 12.6. The van der Waals surface area contributed by atoms with Gasteiger partial charge in [-0.05, 0) is 18.6 Å². The first-order valence-electron chi connectivity index (χ1n) is 5.53. The molecule has 1 unspecified atom stereocenters.